The molecule has 0 bridgehead atoms. The van der Waals surface area contributed by atoms with Crippen molar-refractivity contribution < 1.29 is 8.42 Å². The molecule has 0 aliphatic heterocycles. The SMILES string of the molecule is Cc1ccc(Cl)cc1-n1c(SCc2ccccc2)nnc1C(C)NS(=O)(=O)c1ccc(C(C)(C)C)cc1. The molecule has 1 unspecified atom stereocenters. The lowest BCUT2D eigenvalue weighted by molar-refractivity contribution is 0.555. The van der Waals surface area contributed by atoms with Gasteiger partial charge in [-0.05, 0) is 60.2 Å². The molecule has 0 radical (unpaired) electrons. The number of hydrogen-bond acceptors (Lipinski definition) is 5. The molecule has 3 aromatic carbocycles. The van der Waals surface area contributed by atoms with E-state index in [4.69, 9.17) is 11.6 Å². The molecule has 194 valence electrons. The number of sulfonamides is 1. The molecule has 0 saturated heterocycles. The van der Waals surface area contributed by atoms with E-state index in [0.717, 1.165) is 22.4 Å². The minimum Gasteiger partial charge on any atom is -0.272 e. The van der Waals surface area contributed by atoms with Gasteiger partial charge in [0.15, 0.2) is 11.0 Å². The molecule has 0 spiro atoms. The zero-order chi connectivity index (χ0) is 26.8. The smallest absolute Gasteiger partial charge is 0.241 e. The highest BCUT2D eigenvalue weighted by Crippen LogP contribution is 2.31. The van der Waals surface area contributed by atoms with Crippen molar-refractivity contribution in [2.24, 2.45) is 0 Å². The summed E-state index contributed by atoms with van der Waals surface area (Å²) in [5, 5.41) is 10.1. The van der Waals surface area contributed by atoms with E-state index in [0.29, 0.717) is 21.8 Å². The van der Waals surface area contributed by atoms with E-state index in [-0.39, 0.29) is 10.3 Å². The summed E-state index contributed by atoms with van der Waals surface area (Å²) in [4.78, 5) is 0.205. The van der Waals surface area contributed by atoms with Crippen LogP contribution in [-0.2, 0) is 21.2 Å². The van der Waals surface area contributed by atoms with E-state index in [9.17, 15) is 8.42 Å². The quantitative estimate of drug-likeness (QED) is 0.241. The molecule has 0 amide bonds. The van der Waals surface area contributed by atoms with Gasteiger partial charge in [0.2, 0.25) is 10.0 Å². The molecule has 4 aromatic rings. The number of rotatable bonds is 8. The first kappa shape index (κ1) is 27.4. The average molecular weight is 555 g/mol. The molecule has 0 fully saturated rings. The Morgan fingerprint density at radius 1 is 1.00 bits per heavy atom. The Morgan fingerprint density at radius 2 is 1.68 bits per heavy atom. The Labute approximate surface area is 228 Å². The lowest BCUT2D eigenvalue weighted by Crippen LogP contribution is -2.29. The summed E-state index contributed by atoms with van der Waals surface area (Å²) in [5.41, 5.74) is 3.93. The van der Waals surface area contributed by atoms with E-state index in [1.807, 2.05) is 60.0 Å². The molecule has 1 N–H and O–H groups in total. The maximum Gasteiger partial charge on any atom is 0.241 e. The third-order valence-corrected chi connectivity index (χ3v) is 8.82. The second-order valence-corrected chi connectivity index (χ2v) is 13.1. The molecule has 1 atom stereocenters. The van der Waals surface area contributed by atoms with Gasteiger partial charge in [-0.15, -0.1) is 10.2 Å². The van der Waals surface area contributed by atoms with Crippen molar-refractivity contribution in [3.8, 4) is 5.69 Å². The second kappa shape index (κ2) is 11.0. The van der Waals surface area contributed by atoms with Gasteiger partial charge in [0.05, 0.1) is 16.6 Å². The topological polar surface area (TPSA) is 76.9 Å². The first-order valence-corrected chi connectivity index (χ1v) is 14.8. The first-order chi connectivity index (χ1) is 17.5. The van der Waals surface area contributed by atoms with Crippen molar-refractivity contribution in [3.63, 3.8) is 0 Å². The molecule has 0 aliphatic carbocycles. The maximum atomic E-state index is 13.3. The van der Waals surface area contributed by atoms with Crippen molar-refractivity contribution in [3.05, 3.63) is 100 Å². The predicted octanol–water partition coefficient (Wildman–Crippen LogP) is 6.86. The van der Waals surface area contributed by atoms with Crippen LogP contribution in [0.2, 0.25) is 5.02 Å². The zero-order valence-corrected chi connectivity index (χ0v) is 24.0. The summed E-state index contributed by atoms with van der Waals surface area (Å²) in [6, 6.07) is 22.0. The van der Waals surface area contributed by atoms with Gasteiger partial charge in [-0.25, -0.2) is 13.1 Å². The van der Waals surface area contributed by atoms with Crippen LogP contribution in [0.4, 0.5) is 0 Å². The molecule has 0 saturated carbocycles. The number of nitrogens with zero attached hydrogens (tertiary/aromatic N) is 3. The normalized spacial score (nSPS) is 13.0. The van der Waals surface area contributed by atoms with Gasteiger partial charge in [0, 0.05) is 10.8 Å². The van der Waals surface area contributed by atoms with E-state index in [1.165, 1.54) is 11.8 Å². The Bertz CT molecular complexity index is 1480. The van der Waals surface area contributed by atoms with Crippen LogP contribution in [0.5, 0.6) is 0 Å². The zero-order valence-electron chi connectivity index (χ0n) is 21.6. The largest absolute Gasteiger partial charge is 0.272 e. The molecule has 0 aliphatic rings. The summed E-state index contributed by atoms with van der Waals surface area (Å²) in [5.74, 6) is 1.18. The third kappa shape index (κ3) is 6.44. The Balaban J connectivity index is 1.67. The number of aromatic nitrogens is 3. The van der Waals surface area contributed by atoms with Crippen LogP contribution in [0, 0.1) is 6.92 Å². The van der Waals surface area contributed by atoms with Gasteiger partial charge in [-0.3, -0.25) is 4.57 Å². The van der Waals surface area contributed by atoms with Crippen LogP contribution in [0.1, 0.15) is 56.3 Å². The monoisotopic (exact) mass is 554 g/mol. The van der Waals surface area contributed by atoms with Crippen molar-refractivity contribution in [2.45, 2.75) is 61.9 Å². The first-order valence-electron chi connectivity index (χ1n) is 12.0. The Kier molecular flexibility index (Phi) is 8.14. The van der Waals surface area contributed by atoms with E-state index in [1.54, 1.807) is 19.1 Å². The van der Waals surface area contributed by atoms with Crippen LogP contribution >= 0.6 is 23.4 Å². The fourth-order valence-corrected chi connectivity index (χ4v) is 6.19. The molecule has 4 rings (SSSR count). The van der Waals surface area contributed by atoms with Crippen LogP contribution < -0.4 is 4.72 Å². The summed E-state index contributed by atoms with van der Waals surface area (Å²) in [6.07, 6.45) is 0. The fourth-order valence-electron chi connectivity index (χ4n) is 3.91. The molecule has 37 heavy (non-hydrogen) atoms. The fraction of sp³-hybridized carbons (Fsp3) is 0.286. The standard InChI is InChI=1S/C28H31ClN4O2S2/c1-19-11-14-23(29)17-25(19)33-26(30-31-27(33)36-18-21-9-7-6-8-10-21)20(2)32-37(34,35)24-15-12-22(13-16-24)28(3,4)5/h6-17,20,32H,18H2,1-5H3. The van der Waals surface area contributed by atoms with Crippen molar-refractivity contribution >= 4 is 33.4 Å². The second-order valence-electron chi connectivity index (χ2n) is 10.00. The Morgan fingerprint density at radius 3 is 2.32 bits per heavy atom. The van der Waals surface area contributed by atoms with Crippen LogP contribution in [0.25, 0.3) is 5.69 Å². The minimum atomic E-state index is -3.80. The summed E-state index contributed by atoms with van der Waals surface area (Å²) in [6.45, 7) is 10.0. The molecule has 1 aromatic heterocycles. The van der Waals surface area contributed by atoms with Gasteiger partial charge >= 0.3 is 0 Å². The van der Waals surface area contributed by atoms with Crippen molar-refractivity contribution in [2.75, 3.05) is 0 Å². The summed E-state index contributed by atoms with van der Waals surface area (Å²) in [7, 11) is -3.80. The van der Waals surface area contributed by atoms with Crippen molar-refractivity contribution in [1.82, 2.24) is 19.5 Å². The molecule has 9 heteroatoms. The lowest BCUT2D eigenvalue weighted by atomic mass is 9.87. The van der Waals surface area contributed by atoms with E-state index in [2.05, 4.69) is 47.8 Å². The van der Waals surface area contributed by atoms with Gasteiger partial charge < -0.3 is 0 Å². The Hall–Kier alpha value is -2.65. The van der Waals surface area contributed by atoms with Gasteiger partial charge in [-0.2, -0.15) is 0 Å². The number of hydrogen-bond donors (Lipinski definition) is 1. The van der Waals surface area contributed by atoms with Crippen LogP contribution in [-0.4, -0.2) is 23.2 Å². The van der Waals surface area contributed by atoms with Gasteiger partial charge in [-0.1, -0.05) is 92.7 Å². The highest BCUT2D eigenvalue weighted by molar-refractivity contribution is 7.98. The van der Waals surface area contributed by atoms with Crippen LogP contribution in [0.3, 0.4) is 0 Å². The number of halogens is 1. The molecular formula is C28H31ClN4O2S2. The highest BCUT2D eigenvalue weighted by atomic mass is 35.5. The lowest BCUT2D eigenvalue weighted by Gasteiger charge is -2.20. The van der Waals surface area contributed by atoms with E-state index < -0.39 is 16.1 Å². The number of nitrogens with one attached hydrogen (secondary N) is 1. The molecule has 6 nitrogen and oxygen atoms in total. The van der Waals surface area contributed by atoms with Gasteiger partial charge in [0.25, 0.3) is 0 Å². The summed E-state index contributed by atoms with van der Waals surface area (Å²) >= 11 is 7.88. The maximum absolute atomic E-state index is 13.3. The van der Waals surface area contributed by atoms with Crippen LogP contribution in [0.15, 0.2) is 82.8 Å². The minimum absolute atomic E-state index is 0.0674. The molecular weight excluding hydrogens is 524 g/mol. The van der Waals surface area contributed by atoms with Gasteiger partial charge in [0.1, 0.15) is 0 Å². The predicted molar refractivity (Wildman–Crippen MR) is 151 cm³/mol. The summed E-state index contributed by atoms with van der Waals surface area (Å²) < 4.78 is 31.2. The number of benzene rings is 3. The van der Waals surface area contributed by atoms with Crippen molar-refractivity contribution in [1.29, 1.82) is 0 Å². The van der Waals surface area contributed by atoms with E-state index >= 15 is 0 Å². The number of thioether (sulfide) groups is 1. The number of aryl methyl sites for hydroxylation is 1. The molecule has 1 heterocycles. The average Bonchev–Trinajstić information content (AvgIpc) is 3.28. The third-order valence-electron chi connectivity index (χ3n) is 6.03. The highest BCUT2D eigenvalue weighted by Gasteiger charge is 2.26.